The molecule has 37 heavy (non-hydrogen) atoms. The van der Waals surface area contributed by atoms with Gasteiger partial charge in [0.25, 0.3) is 0 Å². The summed E-state index contributed by atoms with van der Waals surface area (Å²) in [7, 11) is 3.14. The highest BCUT2D eigenvalue weighted by Gasteiger charge is 2.30. The predicted octanol–water partition coefficient (Wildman–Crippen LogP) is 3.10. The minimum absolute atomic E-state index is 0.260. The zero-order chi connectivity index (χ0) is 25.9. The molecule has 0 unspecified atom stereocenters. The molecule has 0 spiro atoms. The molecule has 0 amide bonds. The molecule has 1 saturated heterocycles. The molecule has 13 heteroatoms. The first kappa shape index (κ1) is 25.2. The Morgan fingerprint density at radius 2 is 2.03 bits per heavy atom. The molecule has 2 atom stereocenters. The van der Waals surface area contributed by atoms with Crippen LogP contribution in [0.1, 0.15) is 12.5 Å². The van der Waals surface area contributed by atoms with Gasteiger partial charge in [-0.15, -0.1) is 10.2 Å². The molecular weight excluding hydrogens is 489 g/mol. The standard InChI is InChI=1S/C24H29F3N8O2/c1-36-10-9-33-7-6-19(18(27)14-33)28-24-29-23(37-2)22-17(5-8-34(22)31-24)15-3-4-20-21(11-15)35(32-30-20)16(12-25)13-26/h3-5,8,11,16,18-19H,6-7,9-10,12-14H2,1-2H3,(H,28,31)/t18-,19-/m0/s1. The number of nitrogens with one attached hydrogen (secondary N) is 1. The van der Waals surface area contributed by atoms with E-state index in [0.717, 1.165) is 17.7 Å². The monoisotopic (exact) mass is 518 g/mol. The van der Waals surface area contributed by atoms with Crippen molar-refractivity contribution in [1.29, 1.82) is 0 Å². The van der Waals surface area contributed by atoms with Crippen LogP contribution in [-0.4, -0.2) is 101 Å². The van der Waals surface area contributed by atoms with Crippen LogP contribution in [0.4, 0.5) is 19.1 Å². The number of ether oxygens (including phenoxy) is 2. The first-order valence-electron chi connectivity index (χ1n) is 12.1. The molecule has 0 bridgehead atoms. The fraction of sp³-hybridized carbons (Fsp3) is 0.500. The number of nitrogens with zero attached hydrogens (tertiary/aromatic N) is 7. The van der Waals surface area contributed by atoms with E-state index in [1.165, 1.54) is 11.8 Å². The predicted molar refractivity (Wildman–Crippen MR) is 132 cm³/mol. The van der Waals surface area contributed by atoms with Gasteiger partial charge in [-0.2, -0.15) is 4.98 Å². The van der Waals surface area contributed by atoms with Crippen LogP contribution in [0.25, 0.3) is 27.7 Å². The van der Waals surface area contributed by atoms with Crippen LogP contribution in [0.2, 0.25) is 0 Å². The molecule has 3 aromatic heterocycles. The van der Waals surface area contributed by atoms with Crippen molar-refractivity contribution in [2.45, 2.75) is 24.7 Å². The molecule has 0 saturated carbocycles. The van der Waals surface area contributed by atoms with Gasteiger partial charge in [-0.3, -0.25) is 4.90 Å². The van der Waals surface area contributed by atoms with Gasteiger partial charge in [0.1, 0.15) is 36.6 Å². The van der Waals surface area contributed by atoms with Gasteiger partial charge in [0.15, 0.2) is 0 Å². The first-order chi connectivity index (χ1) is 18.1. The van der Waals surface area contributed by atoms with E-state index in [-0.39, 0.29) is 5.95 Å². The van der Waals surface area contributed by atoms with E-state index in [4.69, 9.17) is 9.47 Å². The lowest BCUT2D eigenvalue weighted by atomic mass is 10.0. The van der Waals surface area contributed by atoms with Gasteiger partial charge < -0.3 is 14.8 Å². The average Bonchev–Trinajstić information content (AvgIpc) is 3.53. The van der Waals surface area contributed by atoms with Crippen LogP contribution >= 0.6 is 0 Å². The van der Waals surface area contributed by atoms with Crippen LogP contribution in [0.15, 0.2) is 30.5 Å². The van der Waals surface area contributed by atoms with Crippen molar-refractivity contribution in [2.75, 3.05) is 59.1 Å². The normalized spacial score (nSPS) is 18.8. The summed E-state index contributed by atoms with van der Waals surface area (Å²) in [6, 6.07) is 5.75. The molecule has 5 rings (SSSR count). The molecule has 1 fully saturated rings. The summed E-state index contributed by atoms with van der Waals surface area (Å²) in [4.78, 5) is 6.54. The molecule has 4 aromatic rings. The van der Waals surface area contributed by atoms with Gasteiger partial charge in [0.2, 0.25) is 11.8 Å². The van der Waals surface area contributed by atoms with E-state index in [9.17, 15) is 13.2 Å². The largest absolute Gasteiger partial charge is 0.479 e. The van der Waals surface area contributed by atoms with Crippen molar-refractivity contribution >= 4 is 22.5 Å². The Morgan fingerprint density at radius 1 is 1.19 bits per heavy atom. The molecule has 1 N–H and O–H groups in total. The number of piperidine rings is 1. The number of anilines is 1. The highest BCUT2D eigenvalue weighted by Crippen LogP contribution is 2.33. The summed E-state index contributed by atoms with van der Waals surface area (Å²) < 4.78 is 55.1. The van der Waals surface area contributed by atoms with Crippen molar-refractivity contribution < 1.29 is 22.6 Å². The van der Waals surface area contributed by atoms with Gasteiger partial charge in [0, 0.05) is 38.5 Å². The maximum absolute atomic E-state index is 14.9. The molecule has 198 valence electrons. The van der Waals surface area contributed by atoms with Crippen LogP contribution in [-0.2, 0) is 4.74 Å². The summed E-state index contributed by atoms with van der Waals surface area (Å²) in [6.45, 7) is 0.532. The fourth-order valence-electron chi connectivity index (χ4n) is 4.69. The van der Waals surface area contributed by atoms with Gasteiger partial charge in [-0.05, 0) is 30.2 Å². The van der Waals surface area contributed by atoms with E-state index in [1.807, 2.05) is 17.0 Å². The van der Waals surface area contributed by atoms with Crippen molar-refractivity contribution in [2.24, 2.45) is 0 Å². The molecule has 1 aliphatic rings. The average molecular weight is 519 g/mol. The SMILES string of the molecule is COCCN1CC[C@H](Nc2nc(OC)c3c(-c4ccc5nnn(C(CF)CF)c5c4)ccn3n2)[C@@H](F)C1. The third kappa shape index (κ3) is 4.92. The lowest BCUT2D eigenvalue weighted by Gasteiger charge is -2.34. The molecule has 4 heterocycles. The number of likely N-dealkylation sites (tertiary alicyclic amines) is 1. The van der Waals surface area contributed by atoms with Crippen LogP contribution in [0.5, 0.6) is 5.88 Å². The summed E-state index contributed by atoms with van der Waals surface area (Å²) in [5, 5.41) is 15.6. The van der Waals surface area contributed by atoms with Crippen LogP contribution in [0, 0.1) is 0 Å². The smallest absolute Gasteiger partial charge is 0.244 e. The fourth-order valence-corrected chi connectivity index (χ4v) is 4.69. The number of hydrogen-bond acceptors (Lipinski definition) is 8. The number of methoxy groups -OCH3 is 2. The topological polar surface area (TPSA) is 94.6 Å². The second-order valence-electron chi connectivity index (χ2n) is 9.02. The lowest BCUT2D eigenvalue weighted by Crippen LogP contribution is -2.48. The van der Waals surface area contributed by atoms with Gasteiger partial charge in [-0.25, -0.2) is 22.4 Å². The van der Waals surface area contributed by atoms with Crippen molar-refractivity contribution in [3.8, 4) is 17.0 Å². The summed E-state index contributed by atoms with van der Waals surface area (Å²) in [6.07, 6.45) is 1.27. The van der Waals surface area contributed by atoms with E-state index < -0.39 is 31.6 Å². The van der Waals surface area contributed by atoms with E-state index in [2.05, 4.69) is 25.7 Å². The third-order valence-corrected chi connectivity index (χ3v) is 6.71. The molecule has 1 aliphatic heterocycles. The number of alkyl halides is 3. The Morgan fingerprint density at radius 3 is 2.76 bits per heavy atom. The molecule has 1 aromatic carbocycles. The number of aromatic nitrogens is 6. The minimum atomic E-state index is -1.08. The Kier molecular flexibility index (Phi) is 7.42. The highest BCUT2D eigenvalue weighted by atomic mass is 19.1. The van der Waals surface area contributed by atoms with Crippen LogP contribution < -0.4 is 10.1 Å². The molecule has 10 nitrogen and oxygen atoms in total. The number of fused-ring (bicyclic) bond motifs is 2. The Balaban J connectivity index is 1.43. The summed E-state index contributed by atoms with van der Waals surface area (Å²) >= 11 is 0. The van der Waals surface area contributed by atoms with E-state index in [1.54, 1.807) is 30.0 Å². The number of halogens is 3. The summed E-state index contributed by atoms with van der Waals surface area (Å²) in [5.41, 5.74) is 3.16. The highest BCUT2D eigenvalue weighted by molar-refractivity contribution is 5.89. The number of hydrogen-bond donors (Lipinski definition) is 1. The zero-order valence-corrected chi connectivity index (χ0v) is 20.6. The van der Waals surface area contributed by atoms with Gasteiger partial charge >= 0.3 is 0 Å². The number of benzene rings is 1. The van der Waals surface area contributed by atoms with Crippen molar-refractivity contribution in [3.05, 3.63) is 30.5 Å². The molecule has 0 radical (unpaired) electrons. The maximum atomic E-state index is 14.9. The zero-order valence-electron chi connectivity index (χ0n) is 20.6. The van der Waals surface area contributed by atoms with Crippen molar-refractivity contribution in [3.63, 3.8) is 0 Å². The Hall–Kier alpha value is -3.45. The Bertz CT molecular complexity index is 1360. The number of rotatable bonds is 10. The molecular formula is C24H29F3N8O2. The van der Waals surface area contributed by atoms with Gasteiger partial charge in [0.05, 0.1) is 25.3 Å². The van der Waals surface area contributed by atoms with E-state index >= 15 is 0 Å². The molecule has 0 aliphatic carbocycles. The van der Waals surface area contributed by atoms with Gasteiger partial charge in [-0.1, -0.05) is 11.3 Å². The quantitative estimate of drug-likeness (QED) is 0.342. The maximum Gasteiger partial charge on any atom is 0.244 e. The van der Waals surface area contributed by atoms with Crippen molar-refractivity contribution in [1.82, 2.24) is 34.5 Å². The second-order valence-corrected chi connectivity index (χ2v) is 9.02. The summed E-state index contributed by atoms with van der Waals surface area (Å²) in [5.74, 6) is 0.568. The van der Waals surface area contributed by atoms with Crippen LogP contribution in [0.3, 0.4) is 0 Å². The minimum Gasteiger partial charge on any atom is -0.479 e. The lowest BCUT2D eigenvalue weighted by molar-refractivity contribution is 0.0918. The van der Waals surface area contributed by atoms with E-state index in [0.29, 0.717) is 48.5 Å². The Labute approximate surface area is 211 Å². The third-order valence-electron chi connectivity index (χ3n) is 6.71. The second kappa shape index (κ2) is 10.9. The first-order valence-corrected chi connectivity index (χ1v) is 12.1.